The summed E-state index contributed by atoms with van der Waals surface area (Å²) in [5.41, 5.74) is -0.351. The van der Waals surface area contributed by atoms with E-state index in [2.05, 4.69) is 5.32 Å². The summed E-state index contributed by atoms with van der Waals surface area (Å²) in [4.78, 5) is 25.1. The summed E-state index contributed by atoms with van der Waals surface area (Å²) < 4.78 is 28.2. The van der Waals surface area contributed by atoms with E-state index in [1.165, 1.54) is 4.31 Å². The topological polar surface area (TPSA) is 104 Å². The number of carbonyl (C=O) groups is 2. The largest absolute Gasteiger partial charge is 0.481 e. The Morgan fingerprint density at radius 3 is 2.37 bits per heavy atom. The van der Waals surface area contributed by atoms with Crippen molar-refractivity contribution in [3.05, 3.63) is 69.7 Å². The summed E-state index contributed by atoms with van der Waals surface area (Å²) >= 11 is 12.6. The molecule has 7 nitrogen and oxygen atoms in total. The van der Waals surface area contributed by atoms with Crippen LogP contribution in [0.3, 0.4) is 0 Å². The van der Waals surface area contributed by atoms with Gasteiger partial charge in [-0.15, -0.1) is 0 Å². The monoisotopic (exact) mass is 580 g/mol. The van der Waals surface area contributed by atoms with Crippen molar-refractivity contribution in [1.82, 2.24) is 9.62 Å². The molecular weight excluding hydrogens is 547 g/mol. The van der Waals surface area contributed by atoms with Gasteiger partial charge in [-0.25, -0.2) is 8.42 Å². The molecule has 4 atom stereocenters. The Balaban J connectivity index is 1.86. The number of halogens is 2. The van der Waals surface area contributed by atoms with Gasteiger partial charge in [0, 0.05) is 29.1 Å². The van der Waals surface area contributed by atoms with Crippen molar-refractivity contribution in [2.75, 3.05) is 12.8 Å². The molecule has 1 aliphatic carbocycles. The van der Waals surface area contributed by atoms with E-state index in [0.717, 1.165) is 24.0 Å². The number of sulfonamides is 1. The molecule has 2 N–H and O–H groups in total. The third-order valence-corrected chi connectivity index (χ3v) is 10.7. The SMILES string of the molecule is CCS(=O)(=O)N(C)[C@](C[C@@H]1NC(=O)[C@](C)(CC(=O)O)C[C@@H]1c1cccc(Cl)c1)(c1ccc(Cl)cc1)C1CC1. The normalized spacial score (nSPS) is 25.6. The van der Waals surface area contributed by atoms with Gasteiger partial charge in [0.05, 0.1) is 23.1 Å². The zero-order valence-electron chi connectivity index (χ0n) is 21.8. The molecule has 1 saturated heterocycles. The van der Waals surface area contributed by atoms with Crippen molar-refractivity contribution in [3.8, 4) is 0 Å². The highest BCUT2D eigenvalue weighted by atomic mass is 35.5. The van der Waals surface area contributed by atoms with Gasteiger partial charge in [-0.05, 0) is 73.9 Å². The molecule has 2 aliphatic rings. The van der Waals surface area contributed by atoms with Crippen LogP contribution < -0.4 is 5.32 Å². The number of carbonyl (C=O) groups excluding carboxylic acids is 1. The van der Waals surface area contributed by atoms with Crippen molar-refractivity contribution in [3.63, 3.8) is 0 Å². The molecule has 4 rings (SSSR count). The first kappa shape index (κ1) is 28.9. The van der Waals surface area contributed by atoms with Gasteiger partial charge < -0.3 is 10.4 Å². The summed E-state index contributed by atoms with van der Waals surface area (Å²) in [6, 6.07) is 14.2. The predicted molar refractivity (Wildman–Crippen MR) is 149 cm³/mol. The van der Waals surface area contributed by atoms with Crippen LogP contribution in [0.15, 0.2) is 48.5 Å². The first-order valence-electron chi connectivity index (χ1n) is 12.8. The fourth-order valence-electron chi connectivity index (χ4n) is 6.09. The maximum absolute atomic E-state index is 13.4. The number of carboxylic acid groups (broad SMARTS) is 1. The minimum atomic E-state index is -3.62. The van der Waals surface area contributed by atoms with Crippen LogP contribution in [0.25, 0.3) is 0 Å². The highest BCUT2D eigenvalue weighted by Crippen LogP contribution is 2.55. The van der Waals surface area contributed by atoms with Gasteiger partial charge in [-0.3, -0.25) is 9.59 Å². The average Bonchev–Trinajstić information content (AvgIpc) is 3.70. The molecule has 2 fully saturated rings. The van der Waals surface area contributed by atoms with Gasteiger partial charge in [0.2, 0.25) is 15.9 Å². The molecule has 1 heterocycles. The lowest BCUT2D eigenvalue weighted by molar-refractivity contribution is -0.147. The number of rotatable bonds is 10. The van der Waals surface area contributed by atoms with E-state index < -0.39 is 33.0 Å². The lowest BCUT2D eigenvalue weighted by Gasteiger charge is -2.49. The molecule has 38 heavy (non-hydrogen) atoms. The lowest BCUT2D eigenvalue weighted by Crippen LogP contribution is -2.59. The summed E-state index contributed by atoms with van der Waals surface area (Å²) in [6.07, 6.45) is 2.01. The Morgan fingerprint density at radius 2 is 1.82 bits per heavy atom. The van der Waals surface area contributed by atoms with E-state index in [0.29, 0.717) is 22.9 Å². The highest BCUT2D eigenvalue weighted by molar-refractivity contribution is 7.89. The van der Waals surface area contributed by atoms with Crippen molar-refractivity contribution < 1.29 is 23.1 Å². The van der Waals surface area contributed by atoms with Gasteiger partial charge in [-0.2, -0.15) is 4.31 Å². The minimum absolute atomic E-state index is 0.0549. The smallest absolute Gasteiger partial charge is 0.304 e. The van der Waals surface area contributed by atoms with Crippen LogP contribution in [-0.4, -0.2) is 48.5 Å². The van der Waals surface area contributed by atoms with E-state index in [4.69, 9.17) is 23.2 Å². The summed E-state index contributed by atoms with van der Waals surface area (Å²) in [6.45, 7) is 3.30. The van der Waals surface area contributed by atoms with E-state index in [1.54, 1.807) is 39.1 Å². The predicted octanol–water partition coefficient (Wildman–Crippen LogP) is 5.42. The fraction of sp³-hybridized carbons (Fsp3) is 0.500. The molecule has 1 saturated carbocycles. The van der Waals surface area contributed by atoms with Crippen LogP contribution in [0.1, 0.15) is 63.0 Å². The van der Waals surface area contributed by atoms with Crippen LogP contribution in [-0.2, 0) is 25.2 Å². The number of piperidine rings is 1. The maximum Gasteiger partial charge on any atom is 0.304 e. The number of aliphatic carboxylic acids is 1. The van der Waals surface area contributed by atoms with Crippen molar-refractivity contribution >= 4 is 45.1 Å². The van der Waals surface area contributed by atoms with Crippen LogP contribution >= 0.6 is 23.2 Å². The second-order valence-corrected chi connectivity index (χ2v) is 14.0. The lowest BCUT2D eigenvalue weighted by atomic mass is 9.66. The third-order valence-electron chi connectivity index (χ3n) is 8.31. The number of hydrogen-bond donors (Lipinski definition) is 2. The van der Waals surface area contributed by atoms with Crippen LogP contribution in [0.2, 0.25) is 10.0 Å². The van der Waals surface area contributed by atoms with E-state index in [-0.39, 0.29) is 29.9 Å². The summed E-state index contributed by atoms with van der Waals surface area (Å²) in [7, 11) is -2.00. The molecule has 0 radical (unpaired) electrons. The molecule has 1 amide bonds. The van der Waals surface area contributed by atoms with Crippen LogP contribution in [0, 0.1) is 11.3 Å². The van der Waals surface area contributed by atoms with Crippen molar-refractivity contribution in [1.29, 1.82) is 0 Å². The quantitative estimate of drug-likeness (QED) is 0.390. The first-order chi connectivity index (χ1) is 17.8. The molecule has 2 aromatic carbocycles. The molecule has 0 bridgehead atoms. The molecule has 206 valence electrons. The molecular formula is C28H34Cl2N2O5S. The number of benzene rings is 2. The highest BCUT2D eigenvalue weighted by Gasteiger charge is 2.56. The number of hydrogen-bond acceptors (Lipinski definition) is 4. The Labute approximate surface area is 234 Å². The number of nitrogens with one attached hydrogen (secondary N) is 1. The Hall–Kier alpha value is -2.13. The van der Waals surface area contributed by atoms with Crippen molar-refractivity contribution in [2.24, 2.45) is 11.3 Å². The molecule has 1 aliphatic heterocycles. The number of amides is 1. The number of carboxylic acids is 1. The second kappa shape index (κ2) is 10.8. The molecule has 0 aromatic heterocycles. The van der Waals surface area contributed by atoms with Crippen molar-refractivity contribution in [2.45, 2.75) is 63.5 Å². The number of nitrogens with zero attached hydrogens (tertiary/aromatic N) is 1. The van der Waals surface area contributed by atoms with E-state index >= 15 is 0 Å². The summed E-state index contributed by atoms with van der Waals surface area (Å²) in [5, 5.41) is 13.8. The Kier molecular flexibility index (Phi) is 8.20. The van der Waals surface area contributed by atoms with E-state index in [1.807, 2.05) is 30.3 Å². The first-order valence-corrected chi connectivity index (χ1v) is 15.2. The van der Waals surface area contributed by atoms with Gasteiger partial charge in [-0.1, -0.05) is 54.4 Å². The molecule has 2 aromatic rings. The van der Waals surface area contributed by atoms with E-state index in [9.17, 15) is 23.1 Å². The molecule has 0 unspecified atom stereocenters. The second-order valence-electron chi connectivity index (χ2n) is 10.9. The molecule has 10 heteroatoms. The Morgan fingerprint density at radius 1 is 1.16 bits per heavy atom. The zero-order chi connectivity index (χ0) is 27.9. The van der Waals surface area contributed by atoms with Gasteiger partial charge in [0.15, 0.2) is 0 Å². The van der Waals surface area contributed by atoms with Gasteiger partial charge >= 0.3 is 5.97 Å². The van der Waals surface area contributed by atoms with Gasteiger partial charge in [0.1, 0.15) is 0 Å². The summed E-state index contributed by atoms with van der Waals surface area (Å²) in [5.74, 6) is -1.67. The van der Waals surface area contributed by atoms with Crippen LogP contribution in [0.4, 0.5) is 0 Å². The van der Waals surface area contributed by atoms with Crippen LogP contribution in [0.5, 0.6) is 0 Å². The molecule has 0 spiro atoms. The third kappa shape index (κ3) is 5.60. The maximum atomic E-state index is 13.4. The standard InChI is InChI=1S/C28H34Cl2N2O5S/c1-4-38(36,37)32(3)28(19-8-9-19,20-10-12-21(29)13-11-20)16-24-23(18-6-5-7-22(30)14-18)15-27(2,17-25(33)34)26(35)31-24/h5-7,10-14,19,23-24H,4,8-9,15-17H2,1-3H3,(H,31,35)(H,33,34)/t23-,24+,27+,28+/m1/s1. The zero-order valence-corrected chi connectivity index (χ0v) is 24.1. The average molecular weight is 582 g/mol. The fourth-order valence-corrected chi connectivity index (χ4v) is 7.63. The minimum Gasteiger partial charge on any atom is -0.481 e. The Bertz CT molecular complexity index is 1310. The van der Waals surface area contributed by atoms with Gasteiger partial charge in [0.25, 0.3) is 0 Å².